The molecule has 31 heavy (non-hydrogen) atoms. The molecule has 2 saturated heterocycles. The largest absolute Gasteiger partial charge is 0.378 e. The summed E-state index contributed by atoms with van der Waals surface area (Å²) >= 11 is 1.53. The fourth-order valence-corrected chi connectivity index (χ4v) is 5.01. The molecule has 8 nitrogen and oxygen atoms in total. The Morgan fingerprint density at radius 3 is 2.84 bits per heavy atom. The normalized spacial score (nSPS) is 19.6. The lowest BCUT2D eigenvalue weighted by molar-refractivity contribution is 0.122. The highest BCUT2D eigenvalue weighted by Gasteiger charge is 2.23. The highest BCUT2D eigenvalue weighted by molar-refractivity contribution is 7.21. The summed E-state index contributed by atoms with van der Waals surface area (Å²) in [6.07, 6.45) is 3.37. The molecular formula is C21H27ClN6O2S. The first-order chi connectivity index (χ1) is 14.8. The van der Waals surface area contributed by atoms with Crippen LogP contribution in [-0.4, -0.2) is 60.4 Å². The summed E-state index contributed by atoms with van der Waals surface area (Å²) in [6.45, 7) is 4.60. The van der Waals surface area contributed by atoms with Gasteiger partial charge in [0.2, 0.25) is 5.95 Å². The molecule has 10 heteroatoms. The van der Waals surface area contributed by atoms with Crippen molar-refractivity contribution >= 4 is 45.7 Å². The van der Waals surface area contributed by atoms with Crippen molar-refractivity contribution in [3.05, 3.63) is 34.6 Å². The van der Waals surface area contributed by atoms with Gasteiger partial charge in [0, 0.05) is 25.7 Å². The molecule has 1 aromatic carbocycles. The number of nitrogens with one attached hydrogen (secondary N) is 3. The van der Waals surface area contributed by atoms with Crippen LogP contribution >= 0.6 is 23.7 Å². The average molecular weight is 463 g/mol. The highest BCUT2D eigenvalue weighted by Crippen LogP contribution is 2.32. The minimum Gasteiger partial charge on any atom is -0.378 e. The first-order valence-corrected chi connectivity index (χ1v) is 11.4. The molecular weight excluding hydrogens is 436 g/mol. The Morgan fingerprint density at radius 1 is 1.16 bits per heavy atom. The summed E-state index contributed by atoms with van der Waals surface area (Å²) in [5.74, 6) is 1.21. The third-order valence-corrected chi connectivity index (χ3v) is 6.67. The van der Waals surface area contributed by atoms with Crippen molar-refractivity contribution in [3.63, 3.8) is 0 Å². The van der Waals surface area contributed by atoms with E-state index in [0.29, 0.717) is 48.6 Å². The number of hydrogen-bond donors (Lipinski definition) is 3. The van der Waals surface area contributed by atoms with E-state index in [1.54, 1.807) is 0 Å². The molecule has 0 saturated carbocycles. The first kappa shape index (κ1) is 22.0. The molecule has 0 bridgehead atoms. The Balaban J connectivity index is 0.00000231. The number of ether oxygens (including phenoxy) is 1. The van der Waals surface area contributed by atoms with E-state index < -0.39 is 0 Å². The number of morpholine rings is 1. The number of para-hydroxylation sites is 1. The van der Waals surface area contributed by atoms with E-state index in [0.717, 1.165) is 36.1 Å². The summed E-state index contributed by atoms with van der Waals surface area (Å²) in [6, 6.07) is 8.19. The molecule has 166 valence electrons. The standard InChI is InChI=1S/C21H26N6O2S.ClH/c28-19-17(20-24-15-6-1-2-7-16(15)30-20)18(23-14-5-3-4-8-22-13-14)25-21(26-19)27-9-11-29-12-10-27;/h1-2,6-7,14,22H,3-5,8-13H2,(H2,23,25,26,28);1H. The Morgan fingerprint density at radius 2 is 2.00 bits per heavy atom. The topological polar surface area (TPSA) is 95.2 Å². The lowest BCUT2D eigenvalue weighted by atomic mass is 10.1. The minimum absolute atomic E-state index is 0. The summed E-state index contributed by atoms with van der Waals surface area (Å²) in [4.78, 5) is 27.9. The number of thiazole rings is 1. The van der Waals surface area contributed by atoms with Gasteiger partial charge in [-0.1, -0.05) is 18.6 Å². The van der Waals surface area contributed by atoms with Crippen molar-refractivity contribution in [3.8, 4) is 10.6 Å². The van der Waals surface area contributed by atoms with Crippen molar-refractivity contribution < 1.29 is 4.74 Å². The molecule has 1 unspecified atom stereocenters. The molecule has 2 fully saturated rings. The first-order valence-electron chi connectivity index (χ1n) is 10.6. The van der Waals surface area contributed by atoms with Crippen LogP contribution in [0, 0.1) is 0 Å². The van der Waals surface area contributed by atoms with Gasteiger partial charge in [-0.2, -0.15) is 4.98 Å². The number of rotatable bonds is 4. The monoisotopic (exact) mass is 462 g/mol. The second-order valence-corrected chi connectivity index (χ2v) is 8.77. The molecule has 0 amide bonds. The van der Waals surface area contributed by atoms with Crippen LogP contribution in [-0.2, 0) is 4.74 Å². The zero-order valence-electron chi connectivity index (χ0n) is 17.2. The number of H-pyrrole nitrogens is 1. The summed E-state index contributed by atoms with van der Waals surface area (Å²) < 4.78 is 6.51. The van der Waals surface area contributed by atoms with E-state index in [1.807, 2.05) is 24.3 Å². The van der Waals surface area contributed by atoms with Gasteiger partial charge in [0.15, 0.2) is 0 Å². The van der Waals surface area contributed by atoms with Gasteiger partial charge < -0.3 is 20.3 Å². The highest BCUT2D eigenvalue weighted by atomic mass is 35.5. The van der Waals surface area contributed by atoms with Crippen LogP contribution in [0.4, 0.5) is 11.8 Å². The Bertz CT molecular complexity index is 1040. The number of aromatic nitrogens is 3. The molecule has 0 radical (unpaired) electrons. The molecule has 2 aromatic heterocycles. The van der Waals surface area contributed by atoms with Gasteiger partial charge in [-0.3, -0.25) is 9.78 Å². The van der Waals surface area contributed by atoms with Gasteiger partial charge >= 0.3 is 0 Å². The van der Waals surface area contributed by atoms with Gasteiger partial charge in [-0.05, 0) is 31.5 Å². The lowest BCUT2D eigenvalue weighted by Crippen LogP contribution is -2.39. The van der Waals surface area contributed by atoms with Crippen molar-refractivity contribution in [2.24, 2.45) is 0 Å². The second-order valence-electron chi connectivity index (χ2n) is 7.74. The smallest absolute Gasteiger partial charge is 0.264 e. The van der Waals surface area contributed by atoms with Gasteiger partial charge in [0.25, 0.3) is 5.56 Å². The molecule has 2 aliphatic rings. The lowest BCUT2D eigenvalue weighted by Gasteiger charge is -2.28. The maximum atomic E-state index is 13.2. The quantitative estimate of drug-likeness (QED) is 0.548. The van der Waals surface area contributed by atoms with E-state index in [2.05, 4.69) is 20.5 Å². The SMILES string of the molecule is Cl.O=c1[nH]c(N2CCOCC2)nc(NC2CCCCNC2)c1-c1nc2ccccc2s1. The van der Waals surface area contributed by atoms with Crippen LogP contribution in [0.15, 0.2) is 29.1 Å². The van der Waals surface area contributed by atoms with Crippen molar-refractivity contribution in [2.45, 2.75) is 25.3 Å². The Kier molecular flexibility index (Phi) is 7.06. The molecule has 4 heterocycles. The maximum Gasteiger partial charge on any atom is 0.264 e. The zero-order chi connectivity index (χ0) is 20.3. The maximum absolute atomic E-state index is 13.2. The predicted octanol–water partition coefficient (Wildman–Crippen LogP) is 2.86. The van der Waals surface area contributed by atoms with Crippen molar-refractivity contribution in [1.29, 1.82) is 0 Å². The van der Waals surface area contributed by atoms with Gasteiger partial charge in [-0.25, -0.2) is 4.98 Å². The van der Waals surface area contributed by atoms with Gasteiger partial charge in [0.1, 0.15) is 16.4 Å². The number of anilines is 2. The molecule has 2 aliphatic heterocycles. The van der Waals surface area contributed by atoms with Gasteiger partial charge in [0.05, 0.1) is 23.4 Å². The zero-order valence-corrected chi connectivity index (χ0v) is 18.9. The van der Waals surface area contributed by atoms with Crippen LogP contribution in [0.5, 0.6) is 0 Å². The van der Waals surface area contributed by atoms with Crippen molar-refractivity contribution in [2.75, 3.05) is 49.6 Å². The molecule has 0 aliphatic carbocycles. The number of aromatic amines is 1. The molecule has 3 N–H and O–H groups in total. The van der Waals surface area contributed by atoms with Crippen LogP contribution in [0.25, 0.3) is 20.8 Å². The summed E-state index contributed by atoms with van der Waals surface area (Å²) in [5.41, 5.74) is 1.27. The number of hydrogen-bond acceptors (Lipinski definition) is 8. The average Bonchev–Trinajstić information content (AvgIpc) is 3.02. The molecule has 3 aromatic rings. The molecule has 1 atom stereocenters. The van der Waals surface area contributed by atoms with E-state index in [1.165, 1.54) is 17.8 Å². The van der Waals surface area contributed by atoms with E-state index in [4.69, 9.17) is 14.7 Å². The minimum atomic E-state index is -0.158. The number of fused-ring (bicyclic) bond motifs is 1. The molecule has 0 spiro atoms. The fourth-order valence-electron chi connectivity index (χ4n) is 4.00. The molecule has 5 rings (SSSR count). The predicted molar refractivity (Wildman–Crippen MR) is 128 cm³/mol. The summed E-state index contributed by atoms with van der Waals surface area (Å²) in [5, 5.41) is 7.74. The Labute approximate surface area is 190 Å². The fraction of sp³-hybridized carbons (Fsp3) is 0.476. The van der Waals surface area contributed by atoms with E-state index in [9.17, 15) is 4.79 Å². The summed E-state index contributed by atoms with van der Waals surface area (Å²) in [7, 11) is 0. The van der Waals surface area contributed by atoms with Crippen LogP contribution < -0.4 is 21.1 Å². The van der Waals surface area contributed by atoms with Crippen molar-refractivity contribution in [1.82, 2.24) is 20.3 Å². The van der Waals surface area contributed by atoms with Crippen LogP contribution in [0.3, 0.4) is 0 Å². The van der Waals surface area contributed by atoms with Crippen LogP contribution in [0.1, 0.15) is 19.3 Å². The van der Waals surface area contributed by atoms with Crippen LogP contribution in [0.2, 0.25) is 0 Å². The third-order valence-electron chi connectivity index (χ3n) is 5.61. The van der Waals surface area contributed by atoms with Gasteiger partial charge in [-0.15, -0.1) is 23.7 Å². The second kappa shape index (κ2) is 9.95. The third kappa shape index (κ3) is 4.85. The Hall–Kier alpha value is -2.20. The van der Waals surface area contributed by atoms with E-state index in [-0.39, 0.29) is 24.0 Å². The number of nitrogens with zero attached hydrogens (tertiary/aromatic N) is 3. The number of halogens is 1. The number of benzene rings is 1. The van der Waals surface area contributed by atoms with E-state index >= 15 is 0 Å².